The summed E-state index contributed by atoms with van der Waals surface area (Å²) in [5.74, 6) is 0.187. The van der Waals surface area contributed by atoms with Crippen LogP contribution in [0.1, 0.15) is 13.0 Å². The van der Waals surface area contributed by atoms with E-state index in [1.165, 1.54) is 4.57 Å². The van der Waals surface area contributed by atoms with Gasteiger partial charge >= 0.3 is 5.69 Å². The second-order valence-electron chi connectivity index (χ2n) is 6.13. The Morgan fingerprint density at radius 3 is 2.62 bits per heavy atom. The Hall–Kier alpha value is -3.33. The van der Waals surface area contributed by atoms with E-state index in [4.69, 9.17) is 10.7 Å². The van der Waals surface area contributed by atoms with E-state index in [9.17, 15) is 9.90 Å². The van der Waals surface area contributed by atoms with Gasteiger partial charge in [0.1, 0.15) is 5.52 Å². The molecule has 0 aliphatic heterocycles. The Bertz CT molecular complexity index is 1180. The van der Waals surface area contributed by atoms with Gasteiger partial charge in [0.15, 0.2) is 0 Å². The van der Waals surface area contributed by atoms with Gasteiger partial charge in [-0.1, -0.05) is 0 Å². The van der Waals surface area contributed by atoms with Crippen LogP contribution >= 0.6 is 0 Å². The fourth-order valence-electron chi connectivity index (χ4n) is 3.01. The smallest absolute Gasteiger partial charge is 0.329 e. The first-order chi connectivity index (χ1) is 12.5. The van der Waals surface area contributed by atoms with Gasteiger partial charge in [-0.3, -0.25) is 14.1 Å². The lowest BCUT2D eigenvalue weighted by Gasteiger charge is -2.11. The molecule has 0 aliphatic carbocycles. The van der Waals surface area contributed by atoms with Crippen molar-refractivity contribution >= 4 is 28.0 Å². The van der Waals surface area contributed by atoms with E-state index < -0.39 is 0 Å². The van der Waals surface area contributed by atoms with Gasteiger partial charge in [0.2, 0.25) is 5.95 Å². The maximum Gasteiger partial charge on any atom is 0.329 e. The highest BCUT2D eigenvalue weighted by Crippen LogP contribution is 2.26. The van der Waals surface area contributed by atoms with Crippen molar-refractivity contribution < 1.29 is 5.11 Å². The van der Waals surface area contributed by atoms with Gasteiger partial charge in [-0.05, 0) is 19.1 Å². The summed E-state index contributed by atoms with van der Waals surface area (Å²) in [6.07, 6.45) is 4.84. The quantitative estimate of drug-likeness (QED) is 0.561. The maximum absolute atomic E-state index is 12.6. The first kappa shape index (κ1) is 16.2. The number of pyridine rings is 2. The molecule has 132 valence electrons. The second kappa shape index (κ2) is 5.88. The van der Waals surface area contributed by atoms with Crippen molar-refractivity contribution in [3.63, 3.8) is 0 Å². The van der Waals surface area contributed by atoms with Crippen molar-refractivity contribution in [2.75, 3.05) is 12.3 Å². The van der Waals surface area contributed by atoms with Crippen LogP contribution in [-0.2, 0) is 7.05 Å². The number of anilines is 1. The zero-order valence-corrected chi connectivity index (χ0v) is 14.3. The molecule has 26 heavy (non-hydrogen) atoms. The average Bonchev–Trinajstić information content (AvgIpc) is 2.92. The Morgan fingerprint density at radius 1 is 1.19 bits per heavy atom. The normalized spacial score (nSPS) is 12.7. The summed E-state index contributed by atoms with van der Waals surface area (Å²) in [7, 11) is 1.68. The standard InChI is InChI=1S/C17H17N7O2/c1-9(8-25)24-15-13(23(2)17(24)26)7-19-12-4-3-11(22-14(12)15)10-5-20-16(18)21-6-10/h3-7,9,25H,8H2,1-2H3,(H2,18,20,21)/t9-/m1/s1. The van der Waals surface area contributed by atoms with Gasteiger partial charge in [0, 0.05) is 25.0 Å². The monoisotopic (exact) mass is 351 g/mol. The van der Waals surface area contributed by atoms with Crippen molar-refractivity contribution in [2.24, 2.45) is 7.05 Å². The third-order valence-corrected chi connectivity index (χ3v) is 4.43. The number of hydrogen-bond acceptors (Lipinski definition) is 7. The lowest BCUT2D eigenvalue weighted by atomic mass is 10.2. The molecule has 4 rings (SSSR count). The van der Waals surface area contributed by atoms with Crippen molar-refractivity contribution in [2.45, 2.75) is 13.0 Å². The van der Waals surface area contributed by atoms with E-state index >= 15 is 0 Å². The molecule has 0 saturated heterocycles. The summed E-state index contributed by atoms with van der Waals surface area (Å²) in [5, 5.41) is 9.58. The highest BCUT2D eigenvalue weighted by molar-refractivity contribution is 6.00. The molecule has 0 amide bonds. The van der Waals surface area contributed by atoms with Gasteiger partial charge < -0.3 is 10.8 Å². The molecular formula is C17H17N7O2. The fraction of sp³-hybridized carbons (Fsp3) is 0.235. The van der Waals surface area contributed by atoms with Crippen LogP contribution in [0.25, 0.3) is 33.3 Å². The molecule has 0 bridgehead atoms. The maximum atomic E-state index is 12.6. The molecule has 4 heterocycles. The van der Waals surface area contributed by atoms with E-state index in [2.05, 4.69) is 15.0 Å². The van der Waals surface area contributed by atoms with Crippen LogP contribution in [0.4, 0.5) is 5.95 Å². The predicted molar refractivity (Wildman–Crippen MR) is 97.5 cm³/mol. The first-order valence-electron chi connectivity index (χ1n) is 8.06. The van der Waals surface area contributed by atoms with Crippen LogP contribution in [0.3, 0.4) is 0 Å². The topological polar surface area (TPSA) is 125 Å². The second-order valence-corrected chi connectivity index (χ2v) is 6.13. The van der Waals surface area contributed by atoms with Gasteiger partial charge in [0.25, 0.3) is 0 Å². The van der Waals surface area contributed by atoms with Gasteiger partial charge in [-0.15, -0.1) is 0 Å². The Balaban J connectivity index is 2.07. The molecule has 0 aliphatic rings. The number of hydrogen-bond donors (Lipinski definition) is 2. The summed E-state index contributed by atoms with van der Waals surface area (Å²) in [4.78, 5) is 29.7. The minimum atomic E-state index is -0.387. The van der Waals surface area contributed by atoms with E-state index in [0.29, 0.717) is 33.3 Å². The van der Waals surface area contributed by atoms with Crippen LogP contribution in [0, 0.1) is 0 Å². The lowest BCUT2D eigenvalue weighted by Crippen LogP contribution is -2.26. The van der Waals surface area contributed by atoms with Crippen molar-refractivity contribution in [3.05, 3.63) is 41.2 Å². The van der Waals surface area contributed by atoms with Crippen LogP contribution in [-0.4, -0.2) is 40.8 Å². The summed E-state index contributed by atoms with van der Waals surface area (Å²) < 4.78 is 3.06. The Labute approximate surface area is 147 Å². The van der Waals surface area contributed by atoms with Gasteiger partial charge in [-0.25, -0.2) is 19.7 Å². The zero-order valence-electron chi connectivity index (χ0n) is 14.3. The Kier molecular flexibility index (Phi) is 3.66. The van der Waals surface area contributed by atoms with E-state index in [-0.39, 0.29) is 24.3 Å². The summed E-state index contributed by atoms with van der Waals surface area (Å²) in [6.45, 7) is 1.62. The average molecular weight is 351 g/mol. The van der Waals surface area contributed by atoms with Crippen molar-refractivity contribution in [1.82, 2.24) is 29.1 Å². The van der Waals surface area contributed by atoms with Gasteiger partial charge in [-0.2, -0.15) is 0 Å². The Morgan fingerprint density at radius 2 is 1.92 bits per heavy atom. The number of fused-ring (bicyclic) bond motifs is 3. The van der Waals surface area contributed by atoms with Crippen LogP contribution in [0.15, 0.2) is 35.5 Å². The molecule has 0 radical (unpaired) electrons. The molecule has 4 aromatic heterocycles. The highest BCUT2D eigenvalue weighted by Gasteiger charge is 2.19. The van der Waals surface area contributed by atoms with Crippen LogP contribution < -0.4 is 11.4 Å². The third kappa shape index (κ3) is 2.32. The highest BCUT2D eigenvalue weighted by atomic mass is 16.3. The molecule has 9 heteroatoms. The number of aryl methyl sites for hydroxylation is 1. The number of nitrogen functional groups attached to an aromatic ring is 1. The molecule has 0 aromatic carbocycles. The number of nitrogens with two attached hydrogens (primary N) is 1. The summed E-state index contributed by atoms with van der Waals surface area (Å²) >= 11 is 0. The summed E-state index contributed by atoms with van der Waals surface area (Å²) in [5.41, 5.74) is 9.20. The largest absolute Gasteiger partial charge is 0.394 e. The molecule has 0 spiro atoms. The molecule has 9 nitrogen and oxygen atoms in total. The predicted octanol–water partition coefficient (Wildman–Crippen LogP) is 0.876. The lowest BCUT2D eigenvalue weighted by molar-refractivity contribution is 0.238. The zero-order chi connectivity index (χ0) is 18.4. The van der Waals surface area contributed by atoms with Gasteiger partial charge in [0.05, 0.1) is 41.1 Å². The minimum absolute atomic E-state index is 0.158. The molecule has 0 fully saturated rings. The van der Waals surface area contributed by atoms with Crippen LogP contribution in [0.2, 0.25) is 0 Å². The molecule has 0 saturated carbocycles. The molecule has 3 N–H and O–H groups in total. The molecule has 1 atom stereocenters. The molecular weight excluding hydrogens is 334 g/mol. The third-order valence-electron chi connectivity index (χ3n) is 4.43. The number of aliphatic hydroxyl groups is 1. The minimum Gasteiger partial charge on any atom is -0.394 e. The molecule has 0 unspecified atom stereocenters. The summed E-state index contributed by atoms with van der Waals surface area (Å²) in [6, 6.07) is 3.26. The van der Waals surface area contributed by atoms with Crippen molar-refractivity contribution in [1.29, 1.82) is 0 Å². The molecule has 4 aromatic rings. The van der Waals surface area contributed by atoms with Crippen LogP contribution in [0.5, 0.6) is 0 Å². The first-order valence-corrected chi connectivity index (χ1v) is 8.06. The number of nitrogens with zero attached hydrogens (tertiary/aromatic N) is 6. The van der Waals surface area contributed by atoms with E-state index in [1.54, 1.807) is 37.1 Å². The number of aliphatic hydroxyl groups excluding tert-OH is 1. The van der Waals surface area contributed by atoms with E-state index in [0.717, 1.165) is 0 Å². The van der Waals surface area contributed by atoms with E-state index in [1.807, 2.05) is 12.1 Å². The number of rotatable bonds is 3. The SMILES string of the molecule is C[C@H](CO)n1c(=O)n(C)c2cnc3ccc(-c4cnc(N)nc4)nc3c21. The van der Waals surface area contributed by atoms with Crippen molar-refractivity contribution in [3.8, 4) is 11.3 Å². The fourth-order valence-corrected chi connectivity index (χ4v) is 3.01. The number of aromatic nitrogens is 6. The number of imidazole rings is 1.